The van der Waals surface area contributed by atoms with E-state index in [9.17, 15) is 0 Å². The third-order valence-corrected chi connectivity index (χ3v) is 1.77. The third kappa shape index (κ3) is 4.32. The highest BCUT2D eigenvalue weighted by molar-refractivity contribution is 5.70. The second-order valence-corrected chi connectivity index (χ2v) is 2.74. The van der Waals surface area contributed by atoms with Crippen molar-refractivity contribution in [3.8, 4) is 0 Å². The van der Waals surface area contributed by atoms with Gasteiger partial charge in [0, 0.05) is 44.8 Å². The Balaban J connectivity index is 2.17. The molecule has 1 aliphatic heterocycles. The summed E-state index contributed by atoms with van der Waals surface area (Å²) in [6, 6.07) is 0. The summed E-state index contributed by atoms with van der Waals surface area (Å²) in [5.74, 6) is 0. The molecule has 0 atom stereocenters. The molecular formula is C9H16N4. The standard InChI is InChI=1S/C9H16N4/c1-2-11-12-4-3-7-13-8-5-10-6-9-13/h2-4,7,10-11H,1,5-6,8-9H2/b7-3+,12-4-. The maximum absolute atomic E-state index is 3.85. The van der Waals surface area contributed by atoms with Crippen molar-refractivity contribution in [3.05, 3.63) is 25.1 Å². The fourth-order valence-corrected chi connectivity index (χ4v) is 1.13. The molecule has 0 aromatic carbocycles. The predicted molar refractivity (Wildman–Crippen MR) is 55.4 cm³/mol. The SMILES string of the molecule is C=CN/N=C\C=C\N1CCNCC1. The quantitative estimate of drug-likeness (QED) is 0.477. The fourth-order valence-electron chi connectivity index (χ4n) is 1.13. The van der Waals surface area contributed by atoms with Gasteiger partial charge in [0.2, 0.25) is 0 Å². The number of nitrogens with one attached hydrogen (secondary N) is 2. The number of hydrogen-bond acceptors (Lipinski definition) is 4. The number of allylic oxidation sites excluding steroid dienone is 1. The lowest BCUT2D eigenvalue weighted by molar-refractivity contribution is 0.324. The number of piperazine rings is 1. The highest BCUT2D eigenvalue weighted by Crippen LogP contribution is 1.91. The van der Waals surface area contributed by atoms with E-state index in [1.807, 2.05) is 6.08 Å². The summed E-state index contributed by atoms with van der Waals surface area (Å²) in [4.78, 5) is 2.26. The topological polar surface area (TPSA) is 39.7 Å². The Morgan fingerprint density at radius 2 is 2.15 bits per heavy atom. The Hall–Kier alpha value is -1.29. The van der Waals surface area contributed by atoms with Crippen LogP contribution in [0.4, 0.5) is 0 Å². The Labute approximate surface area is 79.0 Å². The molecule has 1 heterocycles. The van der Waals surface area contributed by atoms with Crippen LogP contribution in [0.5, 0.6) is 0 Å². The van der Waals surface area contributed by atoms with Gasteiger partial charge in [-0.2, -0.15) is 5.10 Å². The molecule has 72 valence electrons. The van der Waals surface area contributed by atoms with Gasteiger partial charge in [0.15, 0.2) is 0 Å². The first-order valence-electron chi connectivity index (χ1n) is 4.44. The molecule has 0 unspecified atom stereocenters. The van der Waals surface area contributed by atoms with Crippen molar-refractivity contribution in [1.29, 1.82) is 0 Å². The summed E-state index contributed by atoms with van der Waals surface area (Å²) in [7, 11) is 0. The Morgan fingerprint density at radius 3 is 2.85 bits per heavy atom. The van der Waals surface area contributed by atoms with Crippen LogP contribution in [-0.4, -0.2) is 37.3 Å². The van der Waals surface area contributed by atoms with E-state index in [2.05, 4.69) is 33.5 Å². The molecule has 0 radical (unpaired) electrons. The zero-order chi connectivity index (χ0) is 9.36. The van der Waals surface area contributed by atoms with Crippen LogP contribution in [0.25, 0.3) is 0 Å². The Bertz CT molecular complexity index is 192. The summed E-state index contributed by atoms with van der Waals surface area (Å²) in [6.45, 7) is 7.74. The molecule has 13 heavy (non-hydrogen) atoms. The summed E-state index contributed by atoms with van der Waals surface area (Å²) in [5, 5.41) is 7.14. The largest absolute Gasteiger partial charge is 0.375 e. The van der Waals surface area contributed by atoms with Gasteiger partial charge >= 0.3 is 0 Å². The van der Waals surface area contributed by atoms with Gasteiger partial charge in [-0.1, -0.05) is 6.58 Å². The minimum Gasteiger partial charge on any atom is -0.375 e. The average Bonchev–Trinajstić information content (AvgIpc) is 2.19. The Morgan fingerprint density at radius 1 is 1.38 bits per heavy atom. The second kappa shape index (κ2) is 6.25. The van der Waals surface area contributed by atoms with Crippen molar-refractivity contribution in [2.24, 2.45) is 5.10 Å². The van der Waals surface area contributed by atoms with Crippen molar-refractivity contribution in [3.63, 3.8) is 0 Å². The molecule has 0 amide bonds. The molecule has 1 aliphatic rings. The molecule has 1 saturated heterocycles. The van der Waals surface area contributed by atoms with E-state index in [0.29, 0.717) is 0 Å². The summed E-state index contributed by atoms with van der Waals surface area (Å²) in [6.07, 6.45) is 7.22. The van der Waals surface area contributed by atoms with Crippen molar-refractivity contribution < 1.29 is 0 Å². The van der Waals surface area contributed by atoms with Crippen LogP contribution >= 0.6 is 0 Å². The molecule has 0 aromatic rings. The van der Waals surface area contributed by atoms with E-state index in [1.165, 1.54) is 6.20 Å². The van der Waals surface area contributed by atoms with Crippen LogP contribution in [0.3, 0.4) is 0 Å². The molecule has 1 fully saturated rings. The van der Waals surface area contributed by atoms with E-state index in [0.717, 1.165) is 26.2 Å². The first kappa shape index (κ1) is 9.80. The molecule has 0 aliphatic carbocycles. The normalized spacial score (nSPS) is 18.3. The van der Waals surface area contributed by atoms with Gasteiger partial charge in [0.1, 0.15) is 0 Å². The van der Waals surface area contributed by atoms with Crippen molar-refractivity contribution in [1.82, 2.24) is 15.6 Å². The van der Waals surface area contributed by atoms with E-state index in [-0.39, 0.29) is 0 Å². The molecule has 2 N–H and O–H groups in total. The monoisotopic (exact) mass is 180 g/mol. The smallest absolute Gasteiger partial charge is 0.0486 e. The number of hydrazone groups is 1. The minimum atomic E-state index is 1.06. The van der Waals surface area contributed by atoms with Crippen LogP contribution in [0.15, 0.2) is 30.2 Å². The van der Waals surface area contributed by atoms with E-state index < -0.39 is 0 Å². The lowest BCUT2D eigenvalue weighted by atomic mass is 10.4. The summed E-state index contributed by atoms with van der Waals surface area (Å²) >= 11 is 0. The van der Waals surface area contributed by atoms with Crippen molar-refractivity contribution >= 4 is 6.21 Å². The zero-order valence-corrected chi connectivity index (χ0v) is 7.74. The van der Waals surface area contributed by atoms with Gasteiger partial charge in [-0.15, -0.1) is 0 Å². The van der Waals surface area contributed by atoms with Crippen LogP contribution in [-0.2, 0) is 0 Å². The first-order chi connectivity index (χ1) is 6.43. The lowest BCUT2D eigenvalue weighted by Gasteiger charge is -2.25. The molecular weight excluding hydrogens is 164 g/mol. The molecule has 0 saturated carbocycles. The molecule has 0 spiro atoms. The van der Waals surface area contributed by atoms with Gasteiger partial charge in [-0.3, -0.25) is 5.43 Å². The van der Waals surface area contributed by atoms with Gasteiger partial charge in [-0.25, -0.2) is 0 Å². The molecule has 1 rings (SSSR count). The van der Waals surface area contributed by atoms with Crippen LogP contribution in [0.1, 0.15) is 0 Å². The summed E-state index contributed by atoms with van der Waals surface area (Å²) < 4.78 is 0. The third-order valence-electron chi connectivity index (χ3n) is 1.77. The van der Waals surface area contributed by atoms with E-state index >= 15 is 0 Å². The molecule has 0 bridgehead atoms. The van der Waals surface area contributed by atoms with Gasteiger partial charge in [0.25, 0.3) is 0 Å². The maximum Gasteiger partial charge on any atom is 0.0486 e. The van der Waals surface area contributed by atoms with Crippen LogP contribution in [0, 0.1) is 0 Å². The lowest BCUT2D eigenvalue weighted by Crippen LogP contribution is -2.40. The maximum atomic E-state index is 3.85. The van der Waals surface area contributed by atoms with Crippen LogP contribution < -0.4 is 10.7 Å². The van der Waals surface area contributed by atoms with Gasteiger partial charge in [0.05, 0.1) is 0 Å². The fraction of sp³-hybridized carbons (Fsp3) is 0.444. The first-order valence-corrected chi connectivity index (χ1v) is 4.44. The highest BCUT2D eigenvalue weighted by atomic mass is 15.3. The zero-order valence-electron chi connectivity index (χ0n) is 7.74. The van der Waals surface area contributed by atoms with E-state index in [1.54, 1.807) is 6.21 Å². The Kier molecular flexibility index (Phi) is 4.71. The van der Waals surface area contributed by atoms with E-state index in [4.69, 9.17) is 0 Å². The molecule has 4 nitrogen and oxygen atoms in total. The van der Waals surface area contributed by atoms with Crippen LogP contribution in [0.2, 0.25) is 0 Å². The van der Waals surface area contributed by atoms with Crippen molar-refractivity contribution in [2.75, 3.05) is 26.2 Å². The van der Waals surface area contributed by atoms with Crippen molar-refractivity contribution in [2.45, 2.75) is 0 Å². The molecule has 0 aromatic heterocycles. The number of hydrogen-bond donors (Lipinski definition) is 2. The molecule has 4 heteroatoms. The van der Waals surface area contributed by atoms with Gasteiger partial charge in [-0.05, 0) is 6.08 Å². The average molecular weight is 180 g/mol. The summed E-state index contributed by atoms with van der Waals surface area (Å²) in [5.41, 5.74) is 2.64. The second-order valence-electron chi connectivity index (χ2n) is 2.74. The number of nitrogens with zero attached hydrogens (tertiary/aromatic N) is 2. The van der Waals surface area contributed by atoms with Gasteiger partial charge < -0.3 is 10.2 Å². The predicted octanol–water partition coefficient (Wildman–Crippen LogP) is 0.124. The minimum absolute atomic E-state index is 1.06. The highest BCUT2D eigenvalue weighted by Gasteiger charge is 2.02. The number of rotatable bonds is 4.